The van der Waals surface area contributed by atoms with Crippen LogP contribution >= 0.6 is 22.6 Å². The Hall–Kier alpha value is -3.15. The molecule has 4 rings (SSSR count). The lowest BCUT2D eigenvalue weighted by Crippen LogP contribution is -2.04. The first kappa shape index (κ1) is 17.3. The van der Waals surface area contributed by atoms with Gasteiger partial charge in [-0.25, -0.2) is 4.68 Å². The van der Waals surface area contributed by atoms with E-state index in [4.69, 9.17) is 0 Å². The lowest BCUT2D eigenvalue weighted by Gasteiger charge is -2.02. The zero-order valence-electron chi connectivity index (χ0n) is 13.8. The molecule has 2 aromatic heterocycles. The summed E-state index contributed by atoms with van der Waals surface area (Å²) in [6.45, 7) is 0.369. The molecule has 0 radical (unpaired) electrons. The van der Waals surface area contributed by atoms with Crippen molar-refractivity contribution in [3.05, 3.63) is 80.2 Å². The van der Waals surface area contributed by atoms with Gasteiger partial charge in [-0.2, -0.15) is 9.90 Å². The summed E-state index contributed by atoms with van der Waals surface area (Å²) in [6, 6.07) is 16.1. The number of hydrogen-bond donors (Lipinski definition) is 0. The van der Waals surface area contributed by atoms with Gasteiger partial charge < -0.3 is 0 Å². The number of nitro groups is 1. The number of para-hydroxylation sites is 1. The molecule has 4 aromatic rings. The second kappa shape index (κ2) is 7.23. The average molecular weight is 473 g/mol. The molecule has 2 heterocycles. The smallest absolute Gasteiger partial charge is 0.258 e. The molecule has 0 N–H and O–H groups in total. The Balaban J connectivity index is 1.56. The molecule has 0 aliphatic rings. The summed E-state index contributed by atoms with van der Waals surface area (Å²) in [5.41, 5.74) is 2.63. The Labute approximate surface area is 166 Å². The number of hydrogen-bond acceptors (Lipinski definition) is 6. The van der Waals surface area contributed by atoms with Crippen molar-refractivity contribution in [1.29, 1.82) is 0 Å². The van der Waals surface area contributed by atoms with E-state index in [2.05, 4.69) is 43.1 Å². The second-order valence-corrected chi connectivity index (χ2v) is 6.69. The molecule has 0 amide bonds. The number of nitro benzene ring substituents is 1. The zero-order valence-corrected chi connectivity index (χ0v) is 16.0. The SMILES string of the molecule is O=[N+]([O-])c1ccc(Cn2nnc(-c3cnn(-c4ccccc4)c3I)n2)cc1. The van der Waals surface area contributed by atoms with E-state index in [0.717, 1.165) is 20.5 Å². The summed E-state index contributed by atoms with van der Waals surface area (Å²) < 4.78 is 2.70. The van der Waals surface area contributed by atoms with Gasteiger partial charge in [-0.15, -0.1) is 10.2 Å². The van der Waals surface area contributed by atoms with Gasteiger partial charge in [0.25, 0.3) is 5.69 Å². The van der Waals surface area contributed by atoms with Crippen molar-refractivity contribution in [3.8, 4) is 17.1 Å². The molecule has 134 valence electrons. The molecule has 0 aliphatic carbocycles. The van der Waals surface area contributed by atoms with Crippen LogP contribution in [0.15, 0.2) is 60.8 Å². The summed E-state index contributed by atoms with van der Waals surface area (Å²) in [7, 11) is 0. The normalized spacial score (nSPS) is 10.9. The highest BCUT2D eigenvalue weighted by atomic mass is 127. The van der Waals surface area contributed by atoms with Crippen LogP contribution in [0.25, 0.3) is 17.1 Å². The van der Waals surface area contributed by atoms with E-state index >= 15 is 0 Å². The second-order valence-electron chi connectivity index (χ2n) is 5.66. The van der Waals surface area contributed by atoms with Crippen LogP contribution in [0.1, 0.15) is 5.56 Å². The number of rotatable bonds is 5. The first-order valence-corrected chi connectivity index (χ1v) is 9.00. The summed E-state index contributed by atoms with van der Waals surface area (Å²) >= 11 is 2.21. The molecule has 0 spiro atoms. The van der Waals surface area contributed by atoms with Gasteiger partial charge >= 0.3 is 0 Å². The summed E-state index contributed by atoms with van der Waals surface area (Å²) in [5, 5.41) is 27.7. The number of non-ortho nitro benzene ring substituents is 1. The molecule has 0 unspecified atom stereocenters. The molecular formula is C17H12IN7O2. The van der Waals surface area contributed by atoms with Crippen LogP contribution in [0, 0.1) is 13.8 Å². The van der Waals surface area contributed by atoms with E-state index in [1.165, 1.54) is 16.9 Å². The third-order valence-electron chi connectivity index (χ3n) is 3.88. The van der Waals surface area contributed by atoms with Gasteiger partial charge in [0.15, 0.2) is 0 Å². The molecule has 0 bridgehead atoms. The minimum Gasteiger partial charge on any atom is -0.258 e. The monoisotopic (exact) mass is 473 g/mol. The van der Waals surface area contributed by atoms with Crippen molar-refractivity contribution in [2.45, 2.75) is 6.54 Å². The first-order valence-electron chi connectivity index (χ1n) is 7.92. The third kappa shape index (κ3) is 3.56. The van der Waals surface area contributed by atoms with E-state index in [1.807, 2.05) is 35.0 Å². The van der Waals surface area contributed by atoms with Gasteiger partial charge in [0.1, 0.15) is 3.70 Å². The van der Waals surface area contributed by atoms with Crippen LogP contribution in [-0.4, -0.2) is 34.9 Å². The maximum atomic E-state index is 10.7. The molecule has 27 heavy (non-hydrogen) atoms. The van der Waals surface area contributed by atoms with E-state index in [9.17, 15) is 10.1 Å². The molecule has 0 saturated heterocycles. The maximum Gasteiger partial charge on any atom is 0.269 e. The van der Waals surface area contributed by atoms with Crippen LogP contribution in [-0.2, 0) is 6.54 Å². The van der Waals surface area contributed by atoms with Crippen LogP contribution in [0.2, 0.25) is 0 Å². The lowest BCUT2D eigenvalue weighted by molar-refractivity contribution is -0.384. The lowest BCUT2D eigenvalue weighted by atomic mass is 10.2. The summed E-state index contributed by atoms with van der Waals surface area (Å²) in [6.07, 6.45) is 1.71. The van der Waals surface area contributed by atoms with Crippen molar-refractivity contribution in [2.24, 2.45) is 0 Å². The van der Waals surface area contributed by atoms with Gasteiger partial charge in [-0.3, -0.25) is 10.1 Å². The molecule has 9 nitrogen and oxygen atoms in total. The fourth-order valence-electron chi connectivity index (χ4n) is 2.54. The number of halogens is 1. The van der Waals surface area contributed by atoms with Crippen molar-refractivity contribution in [1.82, 2.24) is 30.0 Å². The van der Waals surface area contributed by atoms with Crippen LogP contribution in [0.3, 0.4) is 0 Å². The topological polar surface area (TPSA) is 105 Å². The van der Waals surface area contributed by atoms with Gasteiger partial charge in [-0.05, 0) is 45.5 Å². The van der Waals surface area contributed by atoms with Crippen molar-refractivity contribution in [2.75, 3.05) is 0 Å². The number of aromatic nitrogens is 6. The van der Waals surface area contributed by atoms with Gasteiger partial charge in [0.05, 0.1) is 28.9 Å². The molecule has 0 aliphatic heterocycles. The molecule has 0 saturated carbocycles. The minimum absolute atomic E-state index is 0.0499. The van der Waals surface area contributed by atoms with E-state index in [0.29, 0.717) is 12.4 Å². The number of nitrogens with zero attached hydrogens (tertiary/aromatic N) is 7. The van der Waals surface area contributed by atoms with Crippen LogP contribution in [0.4, 0.5) is 5.69 Å². The Morgan fingerprint density at radius 2 is 1.81 bits per heavy atom. The zero-order chi connectivity index (χ0) is 18.8. The van der Waals surface area contributed by atoms with E-state index in [1.54, 1.807) is 18.3 Å². The first-order chi connectivity index (χ1) is 13.1. The Morgan fingerprint density at radius 3 is 2.52 bits per heavy atom. The Kier molecular flexibility index (Phi) is 4.62. The Morgan fingerprint density at radius 1 is 1.07 bits per heavy atom. The predicted molar refractivity (Wildman–Crippen MR) is 105 cm³/mol. The fourth-order valence-corrected chi connectivity index (χ4v) is 3.32. The third-order valence-corrected chi connectivity index (χ3v) is 4.91. The standard InChI is InChI=1S/C17H12IN7O2/c18-16-15(10-19-24(16)13-4-2-1-3-5-13)17-20-22-23(21-17)11-12-6-8-14(9-7-12)25(26)27/h1-10H,11H2. The average Bonchev–Trinajstić information content (AvgIpc) is 3.29. The van der Waals surface area contributed by atoms with Gasteiger partial charge in [0, 0.05) is 12.1 Å². The fraction of sp³-hybridized carbons (Fsp3) is 0.0588. The molecule has 10 heteroatoms. The molecule has 0 atom stereocenters. The van der Waals surface area contributed by atoms with Gasteiger partial charge in [0.2, 0.25) is 5.82 Å². The predicted octanol–water partition coefficient (Wildman–Crippen LogP) is 3.09. The van der Waals surface area contributed by atoms with Crippen molar-refractivity contribution >= 4 is 28.3 Å². The summed E-state index contributed by atoms with van der Waals surface area (Å²) in [4.78, 5) is 11.7. The van der Waals surface area contributed by atoms with E-state index < -0.39 is 4.92 Å². The number of benzene rings is 2. The molecule has 0 fully saturated rings. The minimum atomic E-state index is -0.429. The van der Waals surface area contributed by atoms with E-state index in [-0.39, 0.29) is 5.69 Å². The van der Waals surface area contributed by atoms with Crippen molar-refractivity contribution < 1.29 is 4.92 Å². The van der Waals surface area contributed by atoms with Crippen LogP contribution in [0.5, 0.6) is 0 Å². The Bertz CT molecular complexity index is 1090. The van der Waals surface area contributed by atoms with Crippen LogP contribution < -0.4 is 0 Å². The molecule has 2 aromatic carbocycles. The highest BCUT2D eigenvalue weighted by Gasteiger charge is 2.16. The highest BCUT2D eigenvalue weighted by Crippen LogP contribution is 2.24. The molecular weight excluding hydrogens is 461 g/mol. The summed E-state index contributed by atoms with van der Waals surface area (Å²) in [5.74, 6) is 0.475. The maximum absolute atomic E-state index is 10.7. The van der Waals surface area contributed by atoms with Crippen molar-refractivity contribution in [3.63, 3.8) is 0 Å². The highest BCUT2D eigenvalue weighted by molar-refractivity contribution is 14.1. The van der Waals surface area contributed by atoms with Gasteiger partial charge in [-0.1, -0.05) is 30.3 Å². The largest absolute Gasteiger partial charge is 0.269 e. The quantitative estimate of drug-likeness (QED) is 0.251. The number of tetrazole rings is 1.